The van der Waals surface area contributed by atoms with Gasteiger partial charge < -0.3 is 10.5 Å². The summed E-state index contributed by atoms with van der Waals surface area (Å²) in [6.45, 7) is 10.5. The molecule has 0 saturated carbocycles. The van der Waals surface area contributed by atoms with Crippen LogP contribution in [0.5, 0.6) is 0 Å². The molecular weight excluding hydrogens is 222 g/mol. The molecule has 2 heteroatoms. The molecule has 0 aliphatic carbocycles. The topological polar surface area (TPSA) is 35.2 Å². The summed E-state index contributed by atoms with van der Waals surface area (Å²) in [5.74, 6) is 0.470. The van der Waals surface area contributed by atoms with Gasteiger partial charge in [-0.05, 0) is 68.4 Å². The monoisotopic (exact) mass is 247 g/mol. The molecule has 2 atom stereocenters. The summed E-state index contributed by atoms with van der Waals surface area (Å²) in [5.41, 5.74) is 13.3. The Morgan fingerprint density at radius 3 is 2.28 bits per heavy atom. The molecule has 0 bridgehead atoms. The van der Waals surface area contributed by atoms with Crippen molar-refractivity contribution in [3.63, 3.8) is 0 Å². The standard InChI is InChI=1S/C16H25NO/c1-10-8-11(2)13(4)15(12(10)3)16(17)14-6-5-7-18-9-14/h8,14,16H,5-7,9,17H2,1-4H3. The zero-order valence-electron chi connectivity index (χ0n) is 12.0. The second kappa shape index (κ2) is 5.41. The van der Waals surface area contributed by atoms with E-state index >= 15 is 0 Å². The van der Waals surface area contributed by atoms with E-state index < -0.39 is 0 Å². The Labute approximate surface area is 111 Å². The highest BCUT2D eigenvalue weighted by atomic mass is 16.5. The first-order valence-corrected chi connectivity index (χ1v) is 6.93. The van der Waals surface area contributed by atoms with Gasteiger partial charge in [0.25, 0.3) is 0 Å². The number of benzene rings is 1. The first-order valence-electron chi connectivity index (χ1n) is 6.93. The molecule has 2 nitrogen and oxygen atoms in total. The fraction of sp³-hybridized carbons (Fsp3) is 0.625. The molecule has 1 fully saturated rings. The Kier molecular flexibility index (Phi) is 4.08. The van der Waals surface area contributed by atoms with E-state index in [0.717, 1.165) is 19.6 Å². The van der Waals surface area contributed by atoms with Crippen LogP contribution in [0.15, 0.2) is 6.07 Å². The van der Waals surface area contributed by atoms with Gasteiger partial charge in [0.2, 0.25) is 0 Å². The summed E-state index contributed by atoms with van der Waals surface area (Å²) in [7, 11) is 0. The third kappa shape index (κ3) is 2.45. The van der Waals surface area contributed by atoms with Gasteiger partial charge in [0.15, 0.2) is 0 Å². The SMILES string of the molecule is Cc1cc(C)c(C)c(C(N)C2CCCOC2)c1C. The minimum Gasteiger partial charge on any atom is -0.381 e. The quantitative estimate of drug-likeness (QED) is 0.870. The van der Waals surface area contributed by atoms with Gasteiger partial charge in [-0.15, -0.1) is 0 Å². The van der Waals surface area contributed by atoms with Crippen molar-refractivity contribution in [2.75, 3.05) is 13.2 Å². The Bertz CT molecular complexity index is 407. The van der Waals surface area contributed by atoms with E-state index in [1.165, 1.54) is 34.2 Å². The maximum atomic E-state index is 6.53. The highest BCUT2D eigenvalue weighted by Crippen LogP contribution is 2.33. The van der Waals surface area contributed by atoms with Crippen LogP contribution in [0.25, 0.3) is 0 Å². The first-order chi connectivity index (χ1) is 8.52. The zero-order valence-corrected chi connectivity index (χ0v) is 12.0. The van der Waals surface area contributed by atoms with Crippen LogP contribution in [0.3, 0.4) is 0 Å². The molecule has 2 N–H and O–H groups in total. The number of hydrogen-bond donors (Lipinski definition) is 1. The molecule has 1 heterocycles. The Morgan fingerprint density at radius 2 is 1.78 bits per heavy atom. The number of hydrogen-bond acceptors (Lipinski definition) is 2. The Morgan fingerprint density at radius 1 is 1.17 bits per heavy atom. The molecule has 0 aromatic heterocycles. The van der Waals surface area contributed by atoms with Gasteiger partial charge in [-0.2, -0.15) is 0 Å². The Hall–Kier alpha value is -0.860. The minimum absolute atomic E-state index is 0.115. The predicted molar refractivity (Wildman–Crippen MR) is 75.9 cm³/mol. The summed E-state index contributed by atoms with van der Waals surface area (Å²) in [5, 5.41) is 0. The summed E-state index contributed by atoms with van der Waals surface area (Å²) in [4.78, 5) is 0. The molecular formula is C16H25NO. The van der Waals surface area contributed by atoms with Gasteiger partial charge >= 0.3 is 0 Å². The lowest BCUT2D eigenvalue weighted by molar-refractivity contribution is 0.0446. The van der Waals surface area contributed by atoms with Crippen molar-refractivity contribution in [3.05, 3.63) is 33.9 Å². The average Bonchev–Trinajstić information content (AvgIpc) is 2.37. The van der Waals surface area contributed by atoms with Crippen molar-refractivity contribution in [1.29, 1.82) is 0 Å². The lowest BCUT2D eigenvalue weighted by Crippen LogP contribution is -2.30. The van der Waals surface area contributed by atoms with Crippen LogP contribution in [0.1, 0.15) is 46.7 Å². The summed E-state index contributed by atoms with van der Waals surface area (Å²) < 4.78 is 5.58. The molecule has 2 unspecified atom stereocenters. The minimum atomic E-state index is 0.115. The molecule has 0 spiro atoms. The van der Waals surface area contributed by atoms with Crippen LogP contribution >= 0.6 is 0 Å². The molecule has 1 aromatic carbocycles. The normalized spacial score (nSPS) is 21.9. The third-order valence-corrected chi connectivity index (χ3v) is 4.46. The van der Waals surface area contributed by atoms with E-state index in [4.69, 9.17) is 10.5 Å². The lowest BCUT2D eigenvalue weighted by Gasteiger charge is -2.30. The van der Waals surface area contributed by atoms with Gasteiger partial charge in [0, 0.05) is 18.6 Å². The van der Waals surface area contributed by atoms with E-state index in [1.807, 2.05) is 0 Å². The van der Waals surface area contributed by atoms with Crippen molar-refractivity contribution < 1.29 is 4.74 Å². The highest BCUT2D eigenvalue weighted by molar-refractivity contribution is 5.45. The molecule has 100 valence electrons. The maximum Gasteiger partial charge on any atom is 0.0512 e. The van der Waals surface area contributed by atoms with E-state index in [9.17, 15) is 0 Å². The molecule has 1 aliphatic heterocycles. The largest absolute Gasteiger partial charge is 0.381 e. The number of ether oxygens (including phenoxy) is 1. The van der Waals surface area contributed by atoms with Gasteiger partial charge in [0.05, 0.1) is 6.61 Å². The van der Waals surface area contributed by atoms with Crippen LogP contribution in [0.4, 0.5) is 0 Å². The molecule has 2 rings (SSSR count). The fourth-order valence-corrected chi connectivity index (χ4v) is 3.03. The summed E-state index contributed by atoms with van der Waals surface area (Å²) >= 11 is 0. The lowest BCUT2D eigenvalue weighted by atomic mass is 9.82. The Balaban J connectivity index is 2.37. The molecule has 0 amide bonds. The van der Waals surface area contributed by atoms with Crippen molar-refractivity contribution in [2.24, 2.45) is 11.7 Å². The van der Waals surface area contributed by atoms with Crippen LogP contribution in [0.2, 0.25) is 0 Å². The number of rotatable bonds is 2. The first kappa shape index (κ1) is 13.6. The second-order valence-electron chi connectivity index (χ2n) is 5.68. The zero-order chi connectivity index (χ0) is 13.3. The average molecular weight is 247 g/mol. The van der Waals surface area contributed by atoms with Crippen molar-refractivity contribution >= 4 is 0 Å². The molecule has 1 aliphatic rings. The van der Waals surface area contributed by atoms with E-state index in [2.05, 4.69) is 33.8 Å². The molecule has 0 radical (unpaired) electrons. The van der Waals surface area contributed by atoms with Gasteiger partial charge in [-0.1, -0.05) is 6.07 Å². The predicted octanol–water partition coefficient (Wildman–Crippen LogP) is 3.35. The van der Waals surface area contributed by atoms with Crippen LogP contribution in [-0.4, -0.2) is 13.2 Å². The molecule has 1 aromatic rings. The number of nitrogens with two attached hydrogens (primary N) is 1. The smallest absolute Gasteiger partial charge is 0.0512 e. The van der Waals surface area contributed by atoms with Crippen LogP contribution in [0, 0.1) is 33.6 Å². The van der Waals surface area contributed by atoms with Crippen LogP contribution in [-0.2, 0) is 4.74 Å². The van der Waals surface area contributed by atoms with Gasteiger partial charge in [0.1, 0.15) is 0 Å². The summed E-state index contributed by atoms with van der Waals surface area (Å²) in [6.07, 6.45) is 2.33. The maximum absolute atomic E-state index is 6.53. The van der Waals surface area contributed by atoms with Crippen molar-refractivity contribution in [2.45, 2.75) is 46.6 Å². The number of aryl methyl sites for hydroxylation is 2. The molecule has 1 saturated heterocycles. The van der Waals surface area contributed by atoms with Gasteiger partial charge in [-0.25, -0.2) is 0 Å². The van der Waals surface area contributed by atoms with Crippen molar-refractivity contribution in [3.8, 4) is 0 Å². The fourth-order valence-electron chi connectivity index (χ4n) is 3.03. The van der Waals surface area contributed by atoms with Crippen molar-refractivity contribution in [1.82, 2.24) is 0 Å². The molecule has 18 heavy (non-hydrogen) atoms. The van der Waals surface area contributed by atoms with E-state index in [0.29, 0.717) is 5.92 Å². The van der Waals surface area contributed by atoms with Crippen LogP contribution < -0.4 is 5.73 Å². The highest BCUT2D eigenvalue weighted by Gasteiger charge is 2.25. The van der Waals surface area contributed by atoms with E-state index in [-0.39, 0.29) is 6.04 Å². The third-order valence-electron chi connectivity index (χ3n) is 4.46. The summed E-state index contributed by atoms with van der Waals surface area (Å²) in [6, 6.07) is 2.38. The van der Waals surface area contributed by atoms with Gasteiger partial charge in [-0.3, -0.25) is 0 Å². The van der Waals surface area contributed by atoms with E-state index in [1.54, 1.807) is 0 Å². The second-order valence-corrected chi connectivity index (χ2v) is 5.68.